The van der Waals surface area contributed by atoms with Crippen molar-refractivity contribution in [3.05, 3.63) is 101 Å². The van der Waals surface area contributed by atoms with Gasteiger partial charge >= 0.3 is 11.9 Å². The molecular weight excluding hydrogens is 602 g/mol. The summed E-state index contributed by atoms with van der Waals surface area (Å²) in [4.78, 5) is 38.7. The third-order valence-corrected chi connectivity index (χ3v) is 8.08. The molecule has 8 heteroatoms. The summed E-state index contributed by atoms with van der Waals surface area (Å²) in [5, 5.41) is 11.3. The van der Waals surface area contributed by atoms with E-state index in [1.807, 2.05) is 0 Å². The van der Waals surface area contributed by atoms with Crippen molar-refractivity contribution in [1.29, 1.82) is 0 Å². The lowest BCUT2D eigenvalue weighted by Gasteiger charge is -2.15. The zero-order chi connectivity index (χ0) is 33.3. The van der Waals surface area contributed by atoms with Crippen molar-refractivity contribution in [2.75, 3.05) is 13.7 Å². The maximum atomic E-state index is 13.6. The van der Waals surface area contributed by atoms with E-state index in [9.17, 15) is 19.5 Å². The molecule has 1 atom stereocenters. The highest BCUT2D eigenvalue weighted by atomic mass is 35.5. The number of hydrogen-bond acceptors (Lipinski definition) is 5. The smallest absolute Gasteiger partial charge is 0.314 e. The summed E-state index contributed by atoms with van der Waals surface area (Å²) in [5.41, 5.74) is 1.78. The van der Waals surface area contributed by atoms with Crippen LogP contribution in [0, 0.1) is 6.92 Å². The van der Waals surface area contributed by atoms with Crippen LogP contribution in [0.4, 0.5) is 0 Å². The predicted octanol–water partition coefficient (Wildman–Crippen LogP) is 9.60. The molecule has 0 aliphatic heterocycles. The molecule has 0 aliphatic carbocycles. The van der Waals surface area contributed by atoms with Gasteiger partial charge in [-0.15, -0.1) is 0 Å². The maximum absolute atomic E-state index is 13.6. The minimum atomic E-state index is -1.18. The number of carboxylic acids is 1. The lowest BCUT2D eigenvalue weighted by Crippen LogP contribution is -2.21. The quantitative estimate of drug-likeness (QED) is 0.0791. The Morgan fingerprint density at radius 3 is 2.13 bits per heavy atom. The van der Waals surface area contributed by atoms with Crippen LogP contribution >= 0.6 is 11.6 Å². The number of ether oxygens (including phenoxy) is 2. The second-order valence-electron chi connectivity index (χ2n) is 11.2. The van der Waals surface area contributed by atoms with Crippen LogP contribution in [0.2, 0.25) is 5.02 Å². The lowest BCUT2D eigenvalue weighted by molar-refractivity contribution is -0.148. The summed E-state index contributed by atoms with van der Waals surface area (Å²) in [6.07, 6.45) is 22.4. The van der Waals surface area contributed by atoms with Crippen molar-refractivity contribution in [1.82, 2.24) is 4.57 Å². The molecule has 0 fully saturated rings. The Morgan fingerprint density at radius 1 is 0.891 bits per heavy atom. The van der Waals surface area contributed by atoms with Crippen molar-refractivity contribution in [2.45, 2.75) is 84.0 Å². The number of fused-ring (bicyclic) bond motifs is 1. The largest absolute Gasteiger partial charge is 0.497 e. The zero-order valence-electron chi connectivity index (χ0n) is 27.2. The number of halogens is 1. The Labute approximate surface area is 277 Å². The minimum absolute atomic E-state index is 0.203. The highest BCUT2D eigenvalue weighted by Crippen LogP contribution is 2.35. The van der Waals surface area contributed by atoms with Gasteiger partial charge in [-0.1, -0.05) is 67.8 Å². The average Bonchev–Trinajstić information content (AvgIpc) is 3.33. The lowest BCUT2D eigenvalue weighted by atomic mass is 9.96. The van der Waals surface area contributed by atoms with E-state index in [-0.39, 0.29) is 18.9 Å². The van der Waals surface area contributed by atoms with E-state index >= 15 is 0 Å². The molecule has 0 amide bonds. The molecule has 2 aromatic carbocycles. The Morgan fingerprint density at radius 2 is 1.52 bits per heavy atom. The van der Waals surface area contributed by atoms with Crippen LogP contribution in [-0.2, 0) is 14.3 Å². The molecule has 1 heterocycles. The third-order valence-electron chi connectivity index (χ3n) is 7.83. The van der Waals surface area contributed by atoms with Crippen LogP contribution in [0.15, 0.2) is 78.9 Å². The molecule has 46 heavy (non-hydrogen) atoms. The standard InChI is InChI=1S/C38H46ClNO6/c1-4-5-6-7-8-9-10-11-12-13-14-15-16-17-18-19-35(41)46-27-33(38(43)44)36-28(2)40(34-25-24-31(45-3)26-32(34)36)37(42)29-20-22-30(39)23-21-29/h8-9,11-12,14-15,20-26,33H,4-7,10,13,16-19,27H2,1-3H3,(H,43,44)/b9-8-,12-11-,15-14-. The molecule has 1 aromatic heterocycles. The third kappa shape index (κ3) is 10.8. The van der Waals surface area contributed by atoms with Crippen LogP contribution in [0.3, 0.4) is 0 Å². The van der Waals surface area contributed by atoms with Crippen molar-refractivity contribution < 1.29 is 29.0 Å². The molecule has 3 aromatic rings. The number of nitrogens with zero attached hydrogens (tertiary/aromatic N) is 1. The second-order valence-corrected chi connectivity index (χ2v) is 11.7. The van der Waals surface area contributed by atoms with E-state index < -0.39 is 17.9 Å². The highest BCUT2D eigenvalue weighted by molar-refractivity contribution is 6.30. The van der Waals surface area contributed by atoms with E-state index in [0.717, 1.165) is 32.1 Å². The van der Waals surface area contributed by atoms with Crippen molar-refractivity contribution in [3.8, 4) is 5.75 Å². The number of aliphatic carboxylic acids is 1. The Hall–Kier alpha value is -4.10. The van der Waals surface area contributed by atoms with Crippen LogP contribution in [-0.4, -0.2) is 41.2 Å². The Kier molecular flexibility index (Phi) is 15.4. The number of allylic oxidation sites excluding steroid dienone is 6. The number of carboxylic acid groups (broad SMARTS) is 1. The number of hydrogen-bond donors (Lipinski definition) is 1. The fourth-order valence-corrected chi connectivity index (χ4v) is 5.45. The normalized spacial score (nSPS) is 12.4. The topological polar surface area (TPSA) is 94.8 Å². The minimum Gasteiger partial charge on any atom is -0.497 e. The molecule has 246 valence electrons. The van der Waals surface area contributed by atoms with Crippen molar-refractivity contribution >= 4 is 40.3 Å². The first-order chi connectivity index (χ1) is 22.3. The van der Waals surface area contributed by atoms with Gasteiger partial charge in [0.1, 0.15) is 18.3 Å². The number of unbranched alkanes of at least 4 members (excludes halogenated alkanes) is 5. The first kappa shape index (κ1) is 36.4. The Balaban J connectivity index is 1.56. The van der Waals surface area contributed by atoms with Gasteiger partial charge in [0.05, 0.1) is 12.6 Å². The van der Waals surface area contributed by atoms with E-state index in [2.05, 4.69) is 43.4 Å². The van der Waals surface area contributed by atoms with Gasteiger partial charge in [0.15, 0.2) is 0 Å². The molecule has 0 saturated heterocycles. The summed E-state index contributed by atoms with van der Waals surface area (Å²) >= 11 is 6.01. The van der Waals surface area contributed by atoms with E-state index in [0.29, 0.717) is 44.9 Å². The molecule has 0 radical (unpaired) electrons. The predicted molar refractivity (Wildman–Crippen MR) is 185 cm³/mol. The number of esters is 1. The first-order valence-corrected chi connectivity index (χ1v) is 16.5. The van der Waals surface area contributed by atoms with Crippen molar-refractivity contribution in [3.63, 3.8) is 0 Å². The molecular formula is C38H46ClNO6. The fraction of sp³-hybridized carbons (Fsp3) is 0.395. The Bertz CT molecular complexity index is 1530. The molecule has 7 nitrogen and oxygen atoms in total. The highest BCUT2D eigenvalue weighted by Gasteiger charge is 2.31. The summed E-state index contributed by atoms with van der Waals surface area (Å²) in [7, 11) is 1.52. The number of benzene rings is 2. The number of rotatable bonds is 19. The number of carbonyl (C=O) groups excluding carboxylic acids is 2. The summed E-state index contributed by atoms with van der Waals surface area (Å²) < 4.78 is 12.4. The monoisotopic (exact) mass is 647 g/mol. The van der Waals surface area contributed by atoms with Crippen LogP contribution < -0.4 is 4.74 Å². The van der Waals surface area contributed by atoms with Crippen LogP contribution in [0.25, 0.3) is 10.9 Å². The molecule has 0 spiro atoms. The van der Waals surface area contributed by atoms with E-state index in [1.165, 1.54) is 30.9 Å². The van der Waals surface area contributed by atoms with Gasteiger partial charge < -0.3 is 14.6 Å². The van der Waals surface area contributed by atoms with Crippen LogP contribution in [0.1, 0.15) is 98.7 Å². The number of carbonyl (C=O) groups is 3. The van der Waals surface area contributed by atoms with E-state index in [4.69, 9.17) is 21.1 Å². The van der Waals surface area contributed by atoms with Gasteiger partial charge in [0, 0.05) is 28.1 Å². The molecule has 0 saturated carbocycles. The summed E-state index contributed by atoms with van der Waals surface area (Å²) in [6.45, 7) is 3.57. The van der Waals surface area contributed by atoms with Gasteiger partial charge in [-0.3, -0.25) is 19.0 Å². The summed E-state index contributed by atoms with van der Waals surface area (Å²) in [6, 6.07) is 11.6. The molecule has 3 rings (SSSR count). The zero-order valence-corrected chi connectivity index (χ0v) is 27.9. The van der Waals surface area contributed by atoms with Gasteiger partial charge in [-0.05, 0) is 99.9 Å². The fourth-order valence-electron chi connectivity index (χ4n) is 5.32. The average molecular weight is 648 g/mol. The number of methoxy groups -OCH3 is 1. The number of aromatic nitrogens is 1. The molecule has 0 aliphatic rings. The first-order valence-electron chi connectivity index (χ1n) is 16.1. The maximum Gasteiger partial charge on any atom is 0.314 e. The molecule has 1 unspecified atom stereocenters. The molecule has 0 bridgehead atoms. The van der Waals surface area contributed by atoms with Crippen molar-refractivity contribution in [2.24, 2.45) is 0 Å². The second kappa shape index (κ2) is 19.4. The van der Waals surface area contributed by atoms with Gasteiger partial charge in [-0.25, -0.2) is 0 Å². The van der Waals surface area contributed by atoms with Gasteiger partial charge in [0.25, 0.3) is 5.91 Å². The SMILES string of the molecule is CCCCC/C=C\C/C=C\C/C=C\CCCCC(=O)OCC(C(=O)O)c1c(C)n(C(=O)c2ccc(Cl)cc2)c2ccc(OC)cc12. The van der Waals surface area contributed by atoms with Gasteiger partial charge in [0.2, 0.25) is 0 Å². The van der Waals surface area contributed by atoms with E-state index in [1.54, 1.807) is 49.4 Å². The summed E-state index contributed by atoms with van der Waals surface area (Å²) in [5.74, 6) is -2.59. The van der Waals surface area contributed by atoms with Gasteiger partial charge in [-0.2, -0.15) is 0 Å². The van der Waals surface area contributed by atoms with Crippen LogP contribution in [0.5, 0.6) is 5.75 Å². The molecule has 1 N–H and O–H groups in total.